The van der Waals surface area contributed by atoms with E-state index in [2.05, 4.69) is 14.7 Å². The minimum atomic E-state index is -3.72. The smallest absolute Gasteiger partial charge is 0.241 e. The second kappa shape index (κ2) is 10.5. The zero-order valence-electron chi connectivity index (χ0n) is 16.1. The largest absolute Gasteiger partial charge is 0.300 e. The molecule has 7 nitrogen and oxygen atoms in total. The van der Waals surface area contributed by atoms with Gasteiger partial charge in [-0.3, -0.25) is 10.1 Å². The maximum absolute atomic E-state index is 12.3. The van der Waals surface area contributed by atoms with E-state index in [-0.39, 0.29) is 6.54 Å². The summed E-state index contributed by atoms with van der Waals surface area (Å²) < 4.78 is 29.9. The van der Waals surface area contributed by atoms with Crippen molar-refractivity contribution in [2.24, 2.45) is 0 Å². The number of nitrogens with zero attached hydrogens (tertiary/aromatic N) is 3. The van der Waals surface area contributed by atoms with Gasteiger partial charge in [-0.15, -0.1) is 0 Å². The number of carbonyl (C=O) groups excluding carboxylic acids is 1. The van der Waals surface area contributed by atoms with E-state index in [0.29, 0.717) is 10.3 Å². The number of anilines is 1. The van der Waals surface area contributed by atoms with Crippen LogP contribution >= 0.6 is 23.3 Å². The molecule has 156 valence electrons. The highest BCUT2D eigenvalue weighted by Crippen LogP contribution is 2.23. The fourth-order valence-corrected chi connectivity index (χ4v) is 4.68. The summed E-state index contributed by atoms with van der Waals surface area (Å²) in [7, 11) is -2.37. The average Bonchev–Trinajstić information content (AvgIpc) is 3.19. The number of nitrogens with one attached hydrogen (secondary N) is 1. The molecule has 1 heterocycles. The van der Waals surface area contributed by atoms with Crippen LogP contribution in [0.1, 0.15) is 11.1 Å². The Bertz CT molecular complexity index is 1100. The number of sulfonamides is 1. The van der Waals surface area contributed by atoms with Gasteiger partial charge in [0.1, 0.15) is 0 Å². The number of carbonyl (C=O) groups is 1. The SMILES string of the molecule is CN(CC(=O)Nc1nc(SCc2ccccc2)ns1)S(=O)(=O)/C=C/c1ccccc1. The van der Waals surface area contributed by atoms with E-state index in [9.17, 15) is 13.2 Å². The molecule has 1 aromatic heterocycles. The first-order valence-electron chi connectivity index (χ1n) is 8.92. The minimum Gasteiger partial charge on any atom is -0.300 e. The number of amides is 1. The molecule has 3 rings (SSSR count). The van der Waals surface area contributed by atoms with Crippen LogP contribution in [0.3, 0.4) is 0 Å². The molecule has 0 radical (unpaired) electrons. The third-order valence-electron chi connectivity index (χ3n) is 3.90. The Balaban J connectivity index is 1.51. The maximum atomic E-state index is 12.3. The van der Waals surface area contributed by atoms with Crippen LogP contribution in [0.25, 0.3) is 6.08 Å². The molecule has 3 aromatic rings. The molecule has 10 heteroatoms. The summed E-state index contributed by atoms with van der Waals surface area (Å²) in [6.07, 6.45) is 1.49. The van der Waals surface area contributed by atoms with Crippen molar-refractivity contribution in [1.29, 1.82) is 0 Å². The third-order valence-corrected chi connectivity index (χ3v) is 7.04. The molecule has 0 spiro atoms. The van der Waals surface area contributed by atoms with Crippen LogP contribution in [0.5, 0.6) is 0 Å². The molecule has 0 aliphatic carbocycles. The average molecular weight is 461 g/mol. The van der Waals surface area contributed by atoms with Crippen LogP contribution in [0.15, 0.2) is 71.2 Å². The van der Waals surface area contributed by atoms with Gasteiger partial charge in [0, 0.05) is 29.7 Å². The molecule has 1 amide bonds. The van der Waals surface area contributed by atoms with E-state index in [4.69, 9.17) is 0 Å². The monoisotopic (exact) mass is 460 g/mol. The second-order valence-corrected chi connectivity index (χ2v) is 9.84. The molecular weight excluding hydrogens is 440 g/mol. The highest BCUT2D eigenvalue weighted by molar-refractivity contribution is 7.98. The zero-order valence-corrected chi connectivity index (χ0v) is 18.6. The summed E-state index contributed by atoms with van der Waals surface area (Å²) in [5.74, 6) is 0.240. The molecule has 30 heavy (non-hydrogen) atoms. The van der Waals surface area contributed by atoms with E-state index in [1.807, 2.05) is 48.5 Å². The zero-order chi connectivity index (χ0) is 21.4. The van der Waals surface area contributed by atoms with Crippen molar-refractivity contribution in [2.45, 2.75) is 10.9 Å². The summed E-state index contributed by atoms with van der Waals surface area (Å²) in [5.41, 5.74) is 1.91. The molecule has 1 N–H and O–H groups in total. The molecule has 0 bridgehead atoms. The summed E-state index contributed by atoms with van der Waals surface area (Å²) in [6.45, 7) is -0.326. The Labute approximate surface area is 184 Å². The van der Waals surface area contributed by atoms with Gasteiger partial charge < -0.3 is 0 Å². The first-order chi connectivity index (χ1) is 14.4. The molecule has 2 aromatic carbocycles. The van der Waals surface area contributed by atoms with Gasteiger partial charge in [0.05, 0.1) is 6.54 Å². The summed E-state index contributed by atoms with van der Waals surface area (Å²) in [4.78, 5) is 16.5. The second-order valence-electron chi connectivity index (χ2n) is 6.22. The number of hydrogen-bond acceptors (Lipinski definition) is 7. The maximum Gasteiger partial charge on any atom is 0.241 e. The minimum absolute atomic E-state index is 0.326. The van der Waals surface area contributed by atoms with Crippen molar-refractivity contribution in [3.05, 3.63) is 77.2 Å². The lowest BCUT2D eigenvalue weighted by Crippen LogP contribution is -2.33. The van der Waals surface area contributed by atoms with Gasteiger partial charge in [0.2, 0.25) is 26.2 Å². The number of aromatic nitrogens is 2. The van der Waals surface area contributed by atoms with Gasteiger partial charge in [-0.05, 0) is 17.2 Å². The first kappa shape index (κ1) is 22.2. The lowest BCUT2D eigenvalue weighted by molar-refractivity contribution is -0.116. The van der Waals surface area contributed by atoms with Crippen molar-refractivity contribution in [1.82, 2.24) is 13.7 Å². The van der Waals surface area contributed by atoms with Gasteiger partial charge in [-0.2, -0.15) is 13.7 Å². The van der Waals surface area contributed by atoms with Gasteiger partial charge in [0.15, 0.2) is 0 Å². The van der Waals surface area contributed by atoms with Crippen LogP contribution in [0.2, 0.25) is 0 Å². The first-order valence-corrected chi connectivity index (χ1v) is 12.2. The van der Waals surface area contributed by atoms with Crippen molar-refractivity contribution >= 4 is 50.4 Å². The van der Waals surface area contributed by atoms with Crippen LogP contribution < -0.4 is 5.32 Å². The molecule has 0 aliphatic rings. The molecule has 0 atom stereocenters. The summed E-state index contributed by atoms with van der Waals surface area (Å²) in [6, 6.07) is 19.0. The highest BCUT2D eigenvalue weighted by atomic mass is 32.2. The van der Waals surface area contributed by atoms with Crippen LogP contribution in [-0.2, 0) is 20.6 Å². The molecule has 0 fully saturated rings. The standard InChI is InChI=1S/C20H20N4O3S3/c1-24(30(26,27)13-12-16-8-4-2-5-9-16)14-18(25)21-19-22-20(23-29-19)28-15-17-10-6-3-7-11-17/h2-13H,14-15H2,1H3,(H,21,22,23,25)/b13-12+. The Morgan fingerprint density at radius 1 is 1.13 bits per heavy atom. The quantitative estimate of drug-likeness (QED) is 0.490. The lowest BCUT2D eigenvalue weighted by Gasteiger charge is -2.13. The van der Waals surface area contributed by atoms with E-state index < -0.39 is 15.9 Å². The Morgan fingerprint density at radius 3 is 2.50 bits per heavy atom. The number of thioether (sulfide) groups is 1. The molecule has 0 saturated heterocycles. The molecule has 0 saturated carbocycles. The van der Waals surface area contributed by atoms with Crippen molar-refractivity contribution in [3.8, 4) is 0 Å². The van der Waals surface area contributed by atoms with Crippen molar-refractivity contribution < 1.29 is 13.2 Å². The van der Waals surface area contributed by atoms with Gasteiger partial charge >= 0.3 is 0 Å². The van der Waals surface area contributed by atoms with Gasteiger partial charge in [0.25, 0.3) is 0 Å². The highest BCUT2D eigenvalue weighted by Gasteiger charge is 2.18. The number of rotatable bonds is 9. The Hall–Kier alpha value is -2.53. The number of hydrogen-bond donors (Lipinski definition) is 1. The van der Waals surface area contributed by atoms with E-state index in [0.717, 1.165) is 38.1 Å². The topological polar surface area (TPSA) is 92.3 Å². The predicted molar refractivity (Wildman–Crippen MR) is 122 cm³/mol. The van der Waals surface area contributed by atoms with Crippen LogP contribution in [-0.4, -0.2) is 41.6 Å². The van der Waals surface area contributed by atoms with Crippen molar-refractivity contribution in [3.63, 3.8) is 0 Å². The van der Waals surface area contributed by atoms with Gasteiger partial charge in [-0.25, -0.2) is 8.42 Å². The number of benzene rings is 2. The summed E-state index contributed by atoms with van der Waals surface area (Å²) >= 11 is 2.52. The molecule has 0 aliphatic heterocycles. The fraction of sp³-hybridized carbons (Fsp3) is 0.150. The van der Waals surface area contributed by atoms with Crippen molar-refractivity contribution in [2.75, 3.05) is 18.9 Å². The summed E-state index contributed by atoms with van der Waals surface area (Å²) in [5, 5.41) is 4.58. The fourth-order valence-electron chi connectivity index (χ4n) is 2.33. The van der Waals surface area contributed by atoms with Crippen LogP contribution in [0, 0.1) is 0 Å². The molecular formula is C20H20N4O3S3. The Kier molecular flexibility index (Phi) is 7.75. The van der Waals surface area contributed by atoms with E-state index in [1.165, 1.54) is 24.9 Å². The van der Waals surface area contributed by atoms with E-state index in [1.54, 1.807) is 12.1 Å². The lowest BCUT2D eigenvalue weighted by atomic mass is 10.2. The predicted octanol–water partition coefficient (Wildman–Crippen LogP) is 3.70. The van der Waals surface area contributed by atoms with Gasteiger partial charge in [-0.1, -0.05) is 72.4 Å². The number of likely N-dealkylation sites (N-methyl/N-ethyl adjacent to an activating group) is 1. The normalized spacial score (nSPS) is 11.8. The molecule has 0 unspecified atom stereocenters. The van der Waals surface area contributed by atoms with E-state index >= 15 is 0 Å². The Morgan fingerprint density at radius 2 is 1.80 bits per heavy atom. The van der Waals surface area contributed by atoms with Crippen LogP contribution in [0.4, 0.5) is 5.13 Å². The third kappa shape index (κ3) is 6.77.